The van der Waals surface area contributed by atoms with E-state index in [-0.39, 0.29) is 24.2 Å². The Morgan fingerprint density at radius 3 is 2.52 bits per heavy atom. The van der Waals surface area contributed by atoms with E-state index in [2.05, 4.69) is 29.4 Å². The molecule has 0 aliphatic heterocycles. The number of nitrogens with two attached hydrogens (primary N) is 1. The molecule has 3 rings (SSSR count). The molecule has 2 fully saturated rings. The molecule has 7 heteroatoms. The highest BCUT2D eigenvalue weighted by Gasteiger charge is 2.40. The van der Waals surface area contributed by atoms with Gasteiger partial charge in [-0.3, -0.25) is 4.79 Å². The zero-order valence-electron chi connectivity index (χ0n) is 13.8. The van der Waals surface area contributed by atoms with Crippen molar-refractivity contribution in [3.63, 3.8) is 0 Å². The van der Waals surface area contributed by atoms with Crippen LogP contribution in [0.4, 0.5) is 0 Å². The van der Waals surface area contributed by atoms with Crippen molar-refractivity contribution in [2.45, 2.75) is 64.5 Å². The van der Waals surface area contributed by atoms with E-state index < -0.39 is 0 Å². The minimum atomic E-state index is 0. The SMILES string of the molecule is CC(C)c1nnc(CNC(=O)C2CC3CCCC(C2)C3N)s1.Cl. The Kier molecular flexibility index (Phi) is 6.40. The van der Waals surface area contributed by atoms with E-state index in [1.54, 1.807) is 11.3 Å². The molecule has 2 aliphatic rings. The summed E-state index contributed by atoms with van der Waals surface area (Å²) in [5.74, 6) is 1.77. The fourth-order valence-electron chi connectivity index (χ4n) is 3.88. The molecule has 1 aromatic heterocycles. The summed E-state index contributed by atoms with van der Waals surface area (Å²) in [6, 6.07) is 0.314. The molecule has 0 radical (unpaired) electrons. The molecule has 1 heterocycles. The van der Waals surface area contributed by atoms with Crippen LogP contribution < -0.4 is 11.1 Å². The second-order valence-corrected chi connectivity index (χ2v) is 8.20. The van der Waals surface area contributed by atoms with Gasteiger partial charge in [-0.2, -0.15) is 0 Å². The second-order valence-electron chi connectivity index (χ2n) is 7.10. The maximum Gasteiger partial charge on any atom is 0.223 e. The molecule has 130 valence electrons. The molecule has 2 atom stereocenters. The Morgan fingerprint density at radius 1 is 1.30 bits per heavy atom. The van der Waals surface area contributed by atoms with Crippen LogP contribution in [0.2, 0.25) is 0 Å². The Morgan fingerprint density at radius 2 is 1.96 bits per heavy atom. The summed E-state index contributed by atoms with van der Waals surface area (Å²) in [4.78, 5) is 12.5. The van der Waals surface area contributed by atoms with Gasteiger partial charge in [0.1, 0.15) is 10.0 Å². The Hall–Kier alpha value is -0.720. The van der Waals surface area contributed by atoms with Crippen LogP contribution in [-0.4, -0.2) is 22.1 Å². The quantitative estimate of drug-likeness (QED) is 0.867. The minimum Gasteiger partial charge on any atom is -0.349 e. The summed E-state index contributed by atoms with van der Waals surface area (Å²) in [7, 11) is 0. The van der Waals surface area contributed by atoms with Crippen molar-refractivity contribution in [1.29, 1.82) is 0 Å². The van der Waals surface area contributed by atoms with E-state index in [1.165, 1.54) is 19.3 Å². The fraction of sp³-hybridized carbons (Fsp3) is 0.812. The molecule has 23 heavy (non-hydrogen) atoms. The van der Waals surface area contributed by atoms with Crippen molar-refractivity contribution in [2.75, 3.05) is 0 Å². The fourth-order valence-corrected chi connectivity index (χ4v) is 4.67. The van der Waals surface area contributed by atoms with Gasteiger partial charge in [-0.25, -0.2) is 0 Å². The summed E-state index contributed by atoms with van der Waals surface area (Å²) in [6.07, 6.45) is 5.57. The normalized spacial score (nSPS) is 29.9. The Labute approximate surface area is 148 Å². The van der Waals surface area contributed by atoms with Gasteiger partial charge >= 0.3 is 0 Å². The zero-order chi connectivity index (χ0) is 15.7. The van der Waals surface area contributed by atoms with E-state index in [9.17, 15) is 4.79 Å². The second kappa shape index (κ2) is 7.90. The van der Waals surface area contributed by atoms with Gasteiger partial charge in [-0.1, -0.05) is 31.6 Å². The van der Waals surface area contributed by atoms with Crippen molar-refractivity contribution in [2.24, 2.45) is 23.5 Å². The summed E-state index contributed by atoms with van der Waals surface area (Å²) in [5.41, 5.74) is 6.29. The third kappa shape index (κ3) is 4.22. The van der Waals surface area contributed by atoms with Gasteiger partial charge in [0, 0.05) is 17.9 Å². The first-order chi connectivity index (χ1) is 10.5. The molecule has 2 unspecified atom stereocenters. The van der Waals surface area contributed by atoms with Crippen LogP contribution in [0.3, 0.4) is 0 Å². The number of rotatable bonds is 4. The molecule has 1 aromatic rings. The lowest BCUT2D eigenvalue weighted by Crippen LogP contribution is -2.49. The third-order valence-electron chi connectivity index (χ3n) is 5.17. The van der Waals surface area contributed by atoms with Crippen LogP contribution in [0.1, 0.15) is 61.9 Å². The average Bonchev–Trinajstić information content (AvgIpc) is 2.93. The summed E-state index contributed by atoms with van der Waals surface area (Å²) >= 11 is 1.59. The van der Waals surface area contributed by atoms with Crippen LogP contribution in [-0.2, 0) is 11.3 Å². The van der Waals surface area contributed by atoms with E-state index in [1.807, 2.05) is 0 Å². The third-order valence-corrected chi connectivity index (χ3v) is 6.40. The van der Waals surface area contributed by atoms with Gasteiger partial charge in [0.15, 0.2) is 0 Å². The highest BCUT2D eigenvalue weighted by Crippen LogP contribution is 2.41. The zero-order valence-corrected chi connectivity index (χ0v) is 15.5. The molecular formula is C16H27ClN4OS. The van der Waals surface area contributed by atoms with Crippen molar-refractivity contribution >= 4 is 29.7 Å². The van der Waals surface area contributed by atoms with Crippen molar-refractivity contribution < 1.29 is 4.79 Å². The standard InChI is InChI=1S/C16H26N4OS.ClH/c1-9(2)16-20-19-13(22-16)8-18-15(21)12-6-10-4-3-5-11(7-12)14(10)17;/h9-12,14H,3-8,17H2,1-2H3,(H,18,21);1H. The molecule has 5 nitrogen and oxygen atoms in total. The number of nitrogens with zero attached hydrogens (tertiary/aromatic N) is 2. The van der Waals surface area contributed by atoms with Crippen LogP contribution in [0, 0.1) is 17.8 Å². The Bertz CT molecular complexity index is 522. The first kappa shape index (κ1) is 18.6. The number of nitrogens with one attached hydrogen (secondary N) is 1. The molecular weight excluding hydrogens is 332 g/mol. The van der Waals surface area contributed by atoms with Gasteiger partial charge in [-0.15, -0.1) is 22.6 Å². The predicted molar refractivity (Wildman–Crippen MR) is 94.6 cm³/mol. The molecule has 2 bridgehead atoms. The number of fused-ring (bicyclic) bond motifs is 2. The Balaban J connectivity index is 0.00000192. The number of carbonyl (C=O) groups is 1. The molecule has 0 aromatic carbocycles. The lowest BCUT2D eigenvalue weighted by Gasteiger charge is -2.43. The topological polar surface area (TPSA) is 80.9 Å². The number of hydrogen-bond donors (Lipinski definition) is 2. The number of amides is 1. The molecule has 0 spiro atoms. The highest BCUT2D eigenvalue weighted by molar-refractivity contribution is 7.11. The van der Waals surface area contributed by atoms with Crippen LogP contribution in [0.15, 0.2) is 0 Å². The summed E-state index contributed by atoms with van der Waals surface area (Å²) < 4.78 is 0. The van der Waals surface area contributed by atoms with Crippen LogP contribution in [0.25, 0.3) is 0 Å². The lowest BCUT2D eigenvalue weighted by atomic mass is 9.65. The minimum absolute atomic E-state index is 0. The van der Waals surface area contributed by atoms with Crippen molar-refractivity contribution in [1.82, 2.24) is 15.5 Å². The molecule has 1 amide bonds. The van der Waals surface area contributed by atoms with Crippen LogP contribution >= 0.6 is 23.7 Å². The first-order valence-electron chi connectivity index (χ1n) is 8.40. The van der Waals surface area contributed by atoms with Gasteiger partial charge in [0.2, 0.25) is 5.91 Å². The smallest absolute Gasteiger partial charge is 0.223 e. The maximum atomic E-state index is 12.5. The van der Waals surface area contributed by atoms with Crippen molar-refractivity contribution in [3.05, 3.63) is 10.0 Å². The van der Waals surface area contributed by atoms with Gasteiger partial charge in [-0.05, 0) is 37.5 Å². The highest BCUT2D eigenvalue weighted by atomic mass is 35.5. The monoisotopic (exact) mass is 358 g/mol. The molecule has 3 N–H and O–H groups in total. The van der Waals surface area contributed by atoms with Gasteiger partial charge in [0.25, 0.3) is 0 Å². The van der Waals surface area contributed by atoms with E-state index in [4.69, 9.17) is 5.73 Å². The predicted octanol–water partition coefficient (Wildman–Crippen LogP) is 2.85. The maximum absolute atomic E-state index is 12.5. The number of halogens is 1. The van der Waals surface area contributed by atoms with Gasteiger partial charge in [0.05, 0.1) is 6.54 Å². The average molecular weight is 359 g/mol. The molecule has 2 saturated carbocycles. The summed E-state index contributed by atoms with van der Waals surface area (Å²) in [6.45, 7) is 4.71. The summed E-state index contributed by atoms with van der Waals surface area (Å²) in [5, 5.41) is 13.3. The van der Waals surface area contributed by atoms with E-state index >= 15 is 0 Å². The van der Waals surface area contributed by atoms with E-state index in [0.717, 1.165) is 22.9 Å². The van der Waals surface area contributed by atoms with Crippen LogP contribution in [0.5, 0.6) is 0 Å². The number of hydrogen-bond acceptors (Lipinski definition) is 5. The van der Waals surface area contributed by atoms with E-state index in [0.29, 0.717) is 30.3 Å². The lowest BCUT2D eigenvalue weighted by molar-refractivity contribution is -0.128. The number of carbonyl (C=O) groups excluding carboxylic acids is 1. The number of aromatic nitrogens is 2. The largest absolute Gasteiger partial charge is 0.349 e. The van der Waals surface area contributed by atoms with Crippen molar-refractivity contribution in [3.8, 4) is 0 Å². The molecule has 2 aliphatic carbocycles. The first-order valence-corrected chi connectivity index (χ1v) is 9.21. The molecule has 0 saturated heterocycles. The van der Waals surface area contributed by atoms with Gasteiger partial charge < -0.3 is 11.1 Å².